The van der Waals surface area contributed by atoms with Crippen LogP contribution in [0.5, 0.6) is 5.88 Å². The Morgan fingerprint density at radius 3 is 2.78 bits per heavy atom. The lowest BCUT2D eigenvalue weighted by molar-refractivity contribution is -0.122. The first kappa shape index (κ1) is 16.6. The highest BCUT2D eigenvalue weighted by atomic mass is 19.2. The fraction of sp³-hybridized carbons (Fsp3) is 0.421. The minimum Gasteiger partial charge on any atom is -0.481 e. The second kappa shape index (κ2) is 5.95. The van der Waals surface area contributed by atoms with Crippen molar-refractivity contribution in [2.24, 2.45) is 17.8 Å². The number of nitrogens with zero attached hydrogens (tertiary/aromatic N) is 2. The van der Waals surface area contributed by atoms with Gasteiger partial charge in [0, 0.05) is 23.7 Å². The van der Waals surface area contributed by atoms with Crippen LogP contribution in [-0.4, -0.2) is 35.2 Å². The van der Waals surface area contributed by atoms with E-state index in [4.69, 9.17) is 9.47 Å². The van der Waals surface area contributed by atoms with E-state index >= 15 is 0 Å². The molecular formula is C19H17F2N3O3. The number of methoxy groups -OCH3 is 1. The van der Waals surface area contributed by atoms with Gasteiger partial charge in [0.2, 0.25) is 17.7 Å². The lowest BCUT2D eigenvalue weighted by Crippen LogP contribution is -2.37. The molecule has 2 aromatic rings. The maximum absolute atomic E-state index is 14.4. The van der Waals surface area contributed by atoms with Crippen LogP contribution >= 0.6 is 0 Å². The number of hydrogen-bond donors (Lipinski definition) is 1. The SMILES string of the molecule is COc1ccc(NC(=O)[C@@H]2[C@@H]3O[C@@H]([C@H]4C[C@H]43)[C@@H]2c2ccnc(F)c2F)cn1. The standard InChI is InChI=1S/C19H17F2N3O3/c1-26-12-3-2-8(7-23-12)24-19(25)14-13(9-4-5-22-18(21)15(9)20)16-10-6-11(10)17(14)27-16/h2-5,7,10-11,13-14,16-17H,6H2,1H3,(H,24,25)/t10-,11+,13+,14-,16-,17+/m0/s1. The molecule has 3 fully saturated rings. The Morgan fingerprint density at radius 1 is 1.22 bits per heavy atom. The number of rotatable bonds is 4. The molecule has 4 heterocycles. The van der Waals surface area contributed by atoms with Gasteiger partial charge in [-0.1, -0.05) is 0 Å². The number of pyridine rings is 2. The van der Waals surface area contributed by atoms with Crippen molar-refractivity contribution in [3.63, 3.8) is 0 Å². The summed E-state index contributed by atoms with van der Waals surface area (Å²) >= 11 is 0. The molecule has 140 valence electrons. The van der Waals surface area contributed by atoms with E-state index in [0.717, 1.165) is 6.42 Å². The molecule has 2 aliphatic heterocycles. The van der Waals surface area contributed by atoms with E-state index in [9.17, 15) is 13.6 Å². The molecule has 6 nitrogen and oxygen atoms in total. The number of carbonyl (C=O) groups is 1. The average Bonchev–Trinajstić information content (AvgIpc) is 3.29. The molecule has 3 aliphatic rings. The number of nitrogens with one attached hydrogen (secondary N) is 1. The van der Waals surface area contributed by atoms with Crippen LogP contribution in [0.2, 0.25) is 0 Å². The van der Waals surface area contributed by atoms with Gasteiger partial charge in [-0.15, -0.1) is 0 Å². The summed E-state index contributed by atoms with van der Waals surface area (Å²) in [4.78, 5) is 20.4. The molecule has 1 N–H and O–H groups in total. The Hall–Kier alpha value is -2.61. The van der Waals surface area contributed by atoms with Crippen molar-refractivity contribution < 1.29 is 23.0 Å². The van der Waals surface area contributed by atoms with Crippen LogP contribution in [0.3, 0.4) is 0 Å². The molecule has 0 aromatic carbocycles. The van der Waals surface area contributed by atoms with E-state index in [2.05, 4.69) is 15.3 Å². The molecule has 0 radical (unpaired) electrons. The topological polar surface area (TPSA) is 73.3 Å². The summed E-state index contributed by atoms with van der Waals surface area (Å²) in [5.74, 6) is -2.46. The largest absolute Gasteiger partial charge is 0.481 e. The van der Waals surface area contributed by atoms with Gasteiger partial charge in [0.1, 0.15) is 0 Å². The summed E-state index contributed by atoms with van der Waals surface area (Å²) in [6, 6.07) is 4.76. The Kier molecular flexibility index (Phi) is 3.65. The maximum atomic E-state index is 14.4. The first-order chi connectivity index (χ1) is 13.1. The smallest absolute Gasteiger partial charge is 0.249 e. The Bertz CT molecular complexity index is 908. The molecular weight excluding hydrogens is 356 g/mol. The number of ether oxygens (including phenoxy) is 2. The van der Waals surface area contributed by atoms with E-state index in [1.54, 1.807) is 12.1 Å². The molecule has 6 atom stereocenters. The molecule has 5 rings (SSSR count). The zero-order valence-corrected chi connectivity index (χ0v) is 14.4. The average molecular weight is 373 g/mol. The fourth-order valence-corrected chi connectivity index (χ4v) is 4.66. The molecule has 2 saturated heterocycles. The minimum absolute atomic E-state index is 0.161. The third kappa shape index (κ3) is 2.50. The zero-order valence-electron chi connectivity index (χ0n) is 14.4. The van der Waals surface area contributed by atoms with Gasteiger partial charge in [0.05, 0.1) is 37.1 Å². The molecule has 0 unspecified atom stereocenters. The lowest BCUT2D eigenvalue weighted by atomic mass is 9.75. The number of hydrogen-bond acceptors (Lipinski definition) is 5. The van der Waals surface area contributed by atoms with E-state index in [0.29, 0.717) is 23.4 Å². The van der Waals surface area contributed by atoms with Crippen LogP contribution in [0.25, 0.3) is 0 Å². The Labute approximate surface area is 153 Å². The van der Waals surface area contributed by atoms with Crippen molar-refractivity contribution in [1.29, 1.82) is 0 Å². The number of anilines is 1. The van der Waals surface area contributed by atoms with Crippen LogP contribution in [0.15, 0.2) is 30.6 Å². The van der Waals surface area contributed by atoms with E-state index in [1.807, 2.05) is 0 Å². The van der Waals surface area contributed by atoms with E-state index in [-0.39, 0.29) is 23.7 Å². The van der Waals surface area contributed by atoms with Gasteiger partial charge in [-0.05, 0) is 30.4 Å². The molecule has 2 aromatic heterocycles. The summed E-state index contributed by atoms with van der Waals surface area (Å²) in [5, 5.41) is 2.82. The van der Waals surface area contributed by atoms with Gasteiger partial charge in [-0.2, -0.15) is 4.39 Å². The Balaban J connectivity index is 1.45. The third-order valence-electron chi connectivity index (χ3n) is 5.90. The Morgan fingerprint density at radius 2 is 2.04 bits per heavy atom. The summed E-state index contributed by atoms with van der Waals surface area (Å²) in [6.45, 7) is 0. The number of carbonyl (C=O) groups excluding carboxylic acids is 1. The summed E-state index contributed by atoms with van der Waals surface area (Å²) in [5.41, 5.74) is 0.671. The molecule has 2 bridgehead atoms. The normalized spacial score (nSPS) is 32.9. The van der Waals surface area contributed by atoms with Gasteiger partial charge >= 0.3 is 0 Å². The van der Waals surface area contributed by atoms with Crippen LogP contribution < -0.4 is 10.1 Å². The van der Waals surface area contributed by atoms with Crippen molar-refractivity contribution in [2.45, 2.75) is 24.5 Å². The quantitative estimate of drug-likeness (QED) is 0.834. The highest BCUT2D eigenvalue weighted by Crippen LogP contribution is 2.65. The summed E-state index contributed by atoms with van der Waals surface area (Å²) in [6.07, 6.45) is 3.15. The first-order valence-corrected chi connectivity index (χ1v) is 8.84. The minimum atomic E-state index is -1.15. The number of amides is 1. The van der Waals surface area contributed by atoms with Gasteiger partial charge < -0.3 is 14.8 Å². The van der Waals surface area contributed by atoms with E-state index < -0.39 is 23.6 Å². The van der Waals surface area contributed by atoms with Gasteiger partial charge in [0.15, 0.2) is 5.82 Å². The maximum Gasteiger partial charge on any atom is 0.249 e. The van der Waals surface area contributed by atoms with Crippen LogP contribution in [-0.2, 0) is 9.53 Å². The van der Waals surface area contributed by atoms with Crippen LogP contribution in [0.4, 0.5) is 14.5 Å². The molecule has 27 heavy (non-hydrogen) atoms. The number of fused-ring (bicyclic) bond motifs is 5. The highest BCUT2D eigenvalue weighted by Gasteiger charge is 2.69. The van der Waals surface area contributed by atoms with Gasteiger partial charge in [0.25, 0.3) is 0 Å². The molecule has 1 aliphatic carbocycles. The molecule has 1 saturated carbocycles. The van der Waals surface area contributed by atoms with Crippen LogP contribution in [0.1, 0.15) is 17.9 Å². The predicted octanol–water partition coefficient (Wildman–Crippen LogP) is 2.52. The van der Waals surface area contributed by atoms with Crippen molar-refractivity contribution >= 4 is 11.6 Å². The number of aromatic nitrogens is 2. The molecule has 8 heteroatoms. The predicted molar refractivity (Wildman–Crippen MR) is 90.1 cm³/mol. The fourth-order valence-electron chi connectivity index (χ4n) is 4.66. The number of halogens is 2. The third-order valence-corrected chi connectivity index (χ3v) is 5.90. The molecule has 0 spiro atoms. The van der Waals surface area contributed by atoms with Crippen molar-refractivity contribution in [3.8, 4) is 5.88 Å². The van der Waals surface area contributed by atoms with Crippen molar-refractivity contribution in [1.82, 2.24) is 9.97 Å². The summed E-state index contributed by atoms with van der Waals surface area (Å²) < 4.78 is 39.1. The molecule has 1 amide bonds. The lowest BCUT2D eigenvalue weighted by Gasteiger charge is -2.27. The van der Waals surface area contributed by atoms with E-state index in [1.165, 1.54) is 25.6 Å². The zero-order chi connectivity index (χ0) is 18.7. The monoisotopic (exact) mass is 373 g/mol. The van der Waals surface area contributed by atoms with Crippen molar-refractivity contribution in [3.05, 3.63) is 47.9 Å². The highest BCUT2D eigenvalue weighted by molar-refractivity contribution is 5.94. The van der Waals surface area contributed by atoms with Crippen LogP contribution in [0, 0.1) is 29.5 Å². The first-order valence-electron chi connectivity index (χ1n) is 8.84. The summed E-state index contributed by atoms with van der Waals surface area (Å²) in [7, 11) is 1.51. The van der Waals surface area contributed by atoms with Crippen molar-refractivity contribution in [2.75, 3.05) is 12.4 Å². The van der Waals surface area contributed by atoms with Gasteiger partial charge in [-0.3, -0.25) is 4.79 Å². The second-order valence-corrected chi connectivity index (χ2v) is 7.26. The van der Waals surface area contributed by atoms with Gasteiger partial charge in [-0.25, -0.2) is 14.4 Å². The second-order valence-electron chi connectivity index (χ2n) is 7.26.